The molecule has 3 heterocycles. The van der Waals surface area contributed by atoms with E-state index in [9.17, 15) is 9.59 Å². The fraction of sp³-hybridized carbons (Fsp3) is 0.529. The van der Waals surface area contributed by atoms with E-state index in [1.54, 1.807) is 11.3 Å². The van der Waals surface area contributed by atoms with Crippen molar-refractivity contribution in [1.29, 1.82) is 0 Å². The average Bonchev–Trinajstić information content (AvgIpc) is 3.32. The minimum Gasteiger partial charge on any atom is -0.355 e. The summed E-state index contributed by atoms with van der Waals surface area (Å²) in [5.41, 5.74) is 0.930. The summed E-state index contributed by atoms with van der Waals surface area (Å²) in [5.74, 6) is 1.16. The van der Waals surface area contributed by atoms with Crippen LogP contribution in [0.15, 0.2) is 21.3 Å². The van der Waals surface area contributed by atoms with E-state index in [-0.39, 0.29) is 11.8 Å². The second-order valence-corrected chi connectivity index (χ2v) is 6.91. The predicted molar refractivity (Wildman–Crippen MR) is 97.6 cm³/mol. The van der Waals surface area contributed by atoms with Gasteiger partial charge >= 0.3 is 0 Å². The van der Waals surface area contributed by atoms with Crippen molar-refractivity contribution in [3.05, 3.63) is 22.7 Å². The highest BCUT2D eigenvalue weighted by molar-refractivity contribution is 7.08. The topological polar surface area (TPSA) is 91.6 Å². The van der Waals surface area contributed by atoms with Gasteiger partial charge in [-0.05, 0) is 18.4 Å². The van der Waals surface area contributed by atoms with Crippen molar-refractivity contribution in [3.63, 3.8) is 0 Å². The molecule has 0 aliphatic carbocycles. The lowest BCUT2D eigenvalue weighted by Gasteiger charge is -2.34. The Bertz CT molecular complexity index is 723. The highest BCUT2D eigenvalue weighted by atomic mass is 32.1. The zero-order chi connectivity index (χ0) is 18.4. The maximum Gasteiger partial charge on any atom is 0.234 e. The van der Waals surface area contributed by atoms with E-state index in [2.05, 4.69) is 20.4 Å². The summed E-state index contributed by atoms with van der Waals surface area (Å²) in [7, 11) is 0. The summed E-state index contributed by atoms with van der Waals surface area (Å²) < 4.78 is 5.23. The van der Waals surface area contributed by atoms with Crippen molar-refractivity contribution in [1.82, 2.24) is 25.3 Å². The Hall–Kier alpha value is -2.26. The lowest BCUT2D eigenvalue weighted by molar-refractivity contribution is -0.133. The second kappa shape index (κ2) is 8.91. The third kappa shape index (κ3) is 4.89. The Morgan fingerprint density at radius 3 is 2.81 bits per heavy atom. The van der Waals surface area contributed by atoms with E-state index in [0.717, 1.165) is 5.56 Å². The number of amides is 2. The van der Waals surface area contributed by atoms with Gasteiger partial charge < -0.3 is 14.7 Å². The lowest BCUT2D eigenvalue weighted by atomic mass is 10.2. The van der Waals surface area contributed by atoms with Crippen molar-refractivity contribution in [2.45, 2.75) is 19.8 Å². The molecule has 1 N–H and O–H groups in total. The molecule has 1 aliphatic rings. The molecule has 26 heavy (non-hydrogen) atoms. The quantitative estimate of drug-likeness (QED) is 0.774. The number of nitrogens with one attached hydrogen (secondary N) is 1. The maximum absolute atomic E-state index is 12.4. The van der Waals surface area contributed by atoms with Gasteiger partial charge in [0.2, 0.25) is 23.5 Å². The Kier molecular flexibility index (Phi) is 6.35. The van der Waals surface area contributed by atoms with Crippen molar-refractivity contribution in [2.24, 2.45) is 0 Å². The number of piperazine rings is 1. The Balaban J connectivity index is 1.41. The molecule has 0 radical (unpaired) electrons. The molecule has 8 nitrogen and oxygen atoms in total. The zero-order valence-electron chi connectivity index (χ0n) is 14.8. The number of aryl methyl sites for hydroxylation is 1. The number of hydrogen-bond acceptors (Lipinski definition) is 7. The summed E-state index contributed by atoms with van der Waals surface area (Å²) in [6.45, 7) is 5.65. The van der Waals surface area contributed by atoms with E-state index in [1.165, 1.54) is 0 Å². The van der Waals surface area contributed by atoms with E-state index in [1.807, 2.05) is 28.7 Å². The minimum absolute atomic E-state index is 0.0325. The fourth-order valence-electron chi connectivity index (χ4n) is 2.85. The van der Waals surface area contributed by atoms with Crippen LogP contribution < -0.4 is 5.32 Å². The van der Waals surface area contributed by atoms with Crippen LogP contribution in [0.5, 0.6) is 0 Å². The zero-order valence-corrected chi connectivity index (χ0v) is 15.6. The lowest BCUT2D eigenvalue weighted by Crippen LogP contribution is -2.51. The number of carbonyl (C=O) groups excluding carboxylic acids is 2. The maximum atomic E-state index is 12.4. The third-order valence-corrected chi connectivity index (χ3v) is 4.95. The second-order valence-electron chi connectivity index (χ2n) is 6.13. The molecule has 140 valence electrons. The molecular weight excluding hydrogens is 354 g/mol. The summed E-state index contributed by atoms with van der Waals surface area (Å²) in [4.78, 5) is 32.2. The Morgan fingerprint density at radius 1 is 1.31 bits per heavy atom. The van der Waals surface area contributed by atoms with Gasteiger partial charge in [0.05, 0.1) is 6.54 Å². The van der Waals surface area contributed by atoms with E-state index in [0.29, 0.717) is 63.8 Å². The number of carbonyl (C=O) groups is 2. The van der Waals surface area contributed by atoms with Crippen LogP contribution in [-0.2, 0) is 16.0 Å². The third-order valence-electron chi connectivity index (χ3n) is 4.27. The monoisotopic (exact) mass is 377 g/mol. The minimum atomic E-state index is 0.0325. The van der Waals surface area contributed by atoms with Crippen molar-refractivity contribution >= 4 is 23.2 Å². The van der Waals surface area contributed by atoms with Gasteiger partial charge in [0.25, 0.3) is 0 Å². The molecule has 2 aromatic rings. The molecule has 0 aromatic carbocycles. The highest BCUT2D eigenvalue weighted by Crippen LogP contribution is 2.19. The average molecular weight is 377 g/mol. The van der Waals surface area contributed by atoms with Crippen LogP contribution in [0.1, 0.15) is 19.2 Å². The number of rotatable bonds is 7. The standard InChI is InChI=1S/C17H23N5O3S/c1-2-18-14(23)11-21-6-8-22(9-7-21)16(24)4-3-15-19-17(20-25-15)13-5-10-26-12-13/h5,10,12H,2-4,6-9,11H2,1H3,(H,18,23). The first-order valence-corrected chi connectivity index (χ1v) is 9.72. The number of hydrogen-bond donors (Lipinski definition) is 1. The molecule has 0 saturated carbocycles. The number of thiophene rings is 1. The molecule has 2 amide bonds. The van der Waals surface area contributed by atoms with Gasteiger partial charge in [-0.1, -0.05) is 5.16 Å². The van der Waals surface area contributed by atoms with Gasteiger partial charge in [-0.15, -0.1) is 0 Å². The largest absolute Gasteiger partial charge is 0.355 e. The summed E-state index contributed by atoms with van der Waals surface area (Å²) >= 11 is 1.58. The smallest absolute Gasteiger partial charge is 0.234 e. The molecule has 1 aliphatic heterocycles. The number of nitrogens with zero attached hydrogens (tertiary/aromatic N) is 4. The van der Waals surface area contributed by atoms with Gasteiger partial charge in [0, 0.05) is 56.5 Å². The first-order chi connectivity index (χ1) is 12.7. The SMILES string of the molecule is CCNC(=O)CN1CCN(C(=O)CCc2nc(-c3ccsc3)no2)CC1. The van der Waals surface area contributed by atoms with Crippen LogP contribution in [0.25, 0.3) is 11.4 Å². The number of aromatic nitrogens is 2. The molecular formula is C17H23N5O3S. The van der Waals surface area contributed by atoms with Crippen LogP contribution in [-0.4, -0.2) is 71.0 Å². The molecule has 1 saturated heterocycles. The van der Waals surface area contributed by atoms with E-state index >= 15 is 0 Å². The molecule has 0 atom stereocenters. The Labute approximate surface area is 156 Å². The van der Waals surface area contributed by atoms with Gasteiger partial charge in [-0.25, -0.2) is 0 Å². The number of likely N-dealkylation sites (N-methyl/N-ethyl adjacent to an activating group) is 1. The first-order valence-electron chi connectivity index (χ1n) is 8.77. The van der Waals surface area contributed by atoms with Crippen LogP contribution in [0.3, 0.4) is 0 Å². The van der Waals surface area contributed by atoms with Gasteiger partial charge in [-0.2, -0.15) is 16.3 Å². The van der Waals surface area contributed by atoms with Crippen LogP contribution in [0, 0.1) is 0 Å². The van der Waals surface area contributed by atoms with Crippen molar-refractivity contribution in [3.8, 4) is 11.4 Å². The van der Waals surface area contributed by atoms with Crippen LogP contribution in [0.4, 0.5) is 0 Å². The van der Waals surface area contributed by atoms with Crippen LogP contribution >= 0.6 is 11.3 Å². The summed E-state index contributed by atoms with van der Waals surface area (Å²) in [6.07, 6.45) is 0.788. The first kappa shape index (κ1) is 18.5. The van der Waals surface area contributed by atoms with Crippen molar-refractivity contribution < 1.29 is 14.1 Å². The van der Waals surface area contributed by atoms with E-state index < -0.39 is 0 Å². The van der Waals surface area contributed by atoms with Gasteiger partial charge in [-0.3, -0.25) is 14.5 Å². The van der Waals surface area contributed by atoms with Crippen LogP contribution in [0.2, 0.25) is 0 Å². The molecule has 3 rings (SSSR count). The molecule has 9 heteroatoms. The van der Waals surface area contributed by atoms with E-state index in [4.69, 9.17) is 4.52 Å². The summed E-state index contributed by atoms with van der Waals surface area (Å²) in [6, 6.07) is 1.94. The Morgan fingerprint density at radius 2 is 2.12 bits per heavy atom. The molecule has 0 spiro atoms. The van der Waals surface area contributed by atoms with Gasteiger partial charge in [0.1, 0.15) is 0 Å². The highest BCUT2D eigenvalue weighted by Gasteiger charge is 2.22. The molecule has 2 aromatic heterocycles. The molecule has 1 fully saturated rings. The predicted octanol–water partition coefficient (Wildman–Crippen LogP) is 1.01. The van der Waals surface area contributed by atoms with Gasteiger partial charge in [0.15, 0.2) is 0 Å². The molecule has 0 unspecified atom stereocenters. The fourth-order valence-corrected chi connectivity index (χ4v) is 3.48. The summed E-state index contributed by atoms with van der Waals surface area (Å²) in [5, 5.41) is 10.7. The molecule has 0 bridgehead atoms. The normalized spacial score (nSPS) is 15.2. The van der Waals surface area contributed by atoms with Crippen molar-refractivity contribution in [2.75, 3.05) is 39.3 Å².